The Morgan fingerprint density at radius 3 is 2.50 bits per heavy atom. The Bertz CT molecular complexity index is 419. The van der Waals surface area contributed by atoms with Crippen LogP contribution >= 0.6 is 0 Å². The summed E-state index contributed by atoms with van der Waals surface area (Å²) in [6, 6.07) is 7.97. The molecule has 1 aromatic carbocycles. The van der Waals surface area contributed by atoms with Crippen molar-refractivity contribution in [2.75, 3.05) is 0 Å². The third kappa shape index (κ3) is 5.04. The quantitative estimate of drug-likeness (QED) is 0.828. The van der Waals surface area contributed by atoms with Crippen molar-refractivity contribution >= 4 is 6.09 Å². The van der Waals surface area contributed by atoms with Crippen LogP contribution in [-0.4, -0.2) is 11.7 Å². The zero-order chi connectivity index (χ0) is 13.6. The highest BCUT2D eigenvalue weighted by atomic mass is 16.6. The van der Waals surface area contributed by atoms with E-state index in [1.165, 1.54) is 5.56 Å². The van der Waals surface area contributed by atoms with Crippen molar-refractivity contribution < 1.29 is 9.53 Å². The Balaban J connectivity index is 2.58. The van der Waals surface area contributed by atoms with Crippen LogP contribution in [0.2, 0.25) is 0 Å². The van der Waals surface area contributed by atoms with Gasteiger partial charge in [-0.05, 0) is 38.3 Å². The lowest BCUT2D eigenvalue weighted by Gasteiger charge is -2.20. The van der Waals surface area contributed by atoms with E-state index in [9.17, 15) is 4.79 Å². The molecule has 98 valence electrons. The van der Waals surface area contributed by atoms with Crippen molar-refractivity contribution in [1.82, 2.24) is 5.32 Å². The summed E-state index contributed by atoms with van der Waals surface area (Å²) in [6.45, 7) is 9.74. The molecule has 18 heavy (non-hydrogen) atoms. The smallest absolute Gasteiger partial charge is 0.407 e. The van der Waals surface area contributed by atoms with Gasteiger partial charge in [0, 0.05) is 6.54 Å². The van der Waals surface area contributed by atoms with E-state index < -0.39 is 11.7 Å². The lowest BCUT2D eigenvalue weighted by molar-refractivity contribution is 0.0523. The predicted molar refractivity (Wildman–Crippen MR) is 73.4 cm³/mol. The molecule has 3 heteroatoms. The van der Waals surface area contributed by atoms with E-state index in [0.29, 0.717) is 6.54 Å². The third-order valence-corrected chi connectivity index (χ3v) is 2.30. The molecule has 0 bridgehead atoms. The van der Waals surface area contributed by atoms with Crippen LogP contribution in [-0.2, 0) is 17.7 Å². The average molecular weight is 247 g/mol. The molecule has 0 aliphatic carbocycles. The zero-order valence-electron chi connectivity index (χ0n) is 11.3. The Morgan fingerprint density at radius 1 is 1.33 bits per heavy atom. The van der Waals surface area contributed by atoms with Crippen LogP contribution in [0.4, 0.5) is 4.79 Å². The van der Waals surface area contributed by atoms with Gasteiger partial charge < -0.3 is 10.1 Å². The summed E-state index contributed by atoms with van der Waals surface area (Å²) >= 11 is 0. The van der Waals surface area contributed by atoms with Gasteiger partial charge in [-0.2, -0.15) is 0 Å². The maximum Gasteiger partial charge on any atom is 0.407 e. The van der Waals surface area contributed by atoms with Crippen LogP contribution in [0.15, 0.2) is 36.9 Å². The molecule has 0 heterocycles. The number of hydrogen-bond donors (Lipinski definition) is 1. The van der Waals surface area contributed by atoms with Crippen LogP contribution < -0.4 is 5.32 Å². The summed E-state index contributed by atoms with van der Waals surface area (Å²) in [7, 11) is 0. The van der Waals surface area contributed by atoms with Gasteiger partial charge in [0.1, 0.15) is 5.60 Å². The molecule has 0 radical (unpaired) electrons. The minimum atomic E-state index is -0.468. The van der Waals surface area contributed by atoms with Crippen molar-refractivity contribution in [3.05, 3.63) is 48.0 Å². The number of hydrogen-bond acceptors (Lipinski definition) is 2. The minimum Gasteiger partial charge on any atom is -0.444 e. The van der Waals surface area contributed by atoms with Crippen molar-refractivity contribution in [2.45, 2.75) is 39.3 Å². The van der Waals surface area contributed by atoms with Gasteiger partial charge in [-0.25, -0.2) is 4.79 Å². The largest absolute Gasteiger partial charge is 0.444 e. The molecule has 0 atom stereocenters. The fraction of sp³-hybridized carbons (Fsp3) is 0.400. The molecule has 0 fully saturated rings. The normalized spacial score (nSPS) is 10.8. The Kier molecular flexibility index (Phi) is 4.95. The van der Waals surface area contributed by atoms with Gasteiger partial charge in [-0.3, -0.25) is 0 Å². The summed E-state index contributed by atoms with van der Waals surface area (Å²) in [5, 5.41) is 2.76. The number of nitrogens with one attached hydrogen (secondary N) is 1. The molecular formula is C15H21NO2. The highest BCUT2D eigenvalue weighted by Gasteiger charge is 2.15. The first kappa shape index (κ1) is 14.3. The number of benzene rings is 1. The van der Waals surface area contributed by atoms with Gasteiger partial charge in [0.05, 0.1) is 0 Å². The molecule has 0 aliphatic rings. The molecule has 3 nitrogen and oxygen atoms in total. The number of amides is 1. The summed E-state index contributed by atoms with van der Waals surface area (Å²) in [6.07, 6.45) is 2.26. The first-order chi connectivity index (χ1) is 8.42. The first-order valence-electron chi connectivity index (χ1n) is 6.07. The van der Waals surface area contributed by atoms with E-state index in [0.717, 1.165) is 12.0 Å². The van der Waals surface area contributed by atoms with Crippen LogP contribution in [0.1, 0.15) is 31.9 Å². The molecule has 0 unspecified atom stereocenters. The van der Waals surface area contributed by atoms with Gasteiger partial charge in [0.2, 0.25) is 0 Å². The van der Waals surface area contributed by atoms with E-state index in [-0.39, 0.29) is 0 Å². The van der Waals surface area contributed by atoms with Crippen LogP contribution in [0, 0.1) is 0 Å². The van der Waals surface area contributed by atoms with Crippen LogP contribution in [0.3, 0.4) is 0 Å². The van der Waals surface area contributed by atoms with Crippen molar-refractivity contribution in [2.24, 2.45) is 0 Å². The van der Waals surface area contributed by atoms with Crippen molar-refractivity contribution in [1.29, 1.82) is 0 Å². The zero-order valence-corrected chi connectivity index (χ0v) is 11.3. The highest BCUT2D eigenvalue weighted by Crippen LogP contribution is 2.11. The maximum atomic E-state index is 11.5. The van der Waals surface area contributed by atoms with Gasteiger partial charge in [-0.15, -0.1) is 6.58 Å². The lowest BCUT2D eigenvalue weighted by atomic mass is 10.0. The second-order valence-electron chi connectivity index (χ2n) is 5.12. The third-order valence-electron chi connectivity index (χ3n) is 2.30. The Labute approximate surface area is 109 Å². The van der Waals surface area contributed by atoms with E-state index in [1.807, 2.05) is 51.1 Å². The molecule has 1 rings (SSSR count). The molecule has 0 spiro atoms. The second-order valence-corrected chi connectivity index (χ2v) is 5.12. The van der Waals surface area contributed by atoms with Crippen molar-refractivity contribution in [3.63, 3.8) is 0 Å². The monoisotopic (exact) mass is 247 g/mol. The number of alkyl carbamates (subject to hydrolysis) is 1. The van der Waals surface area contributed by atoms with Crippen LogP contribution in [0.25, 0.3) is 0 Å². The van der Waals surface area contributed by atoms with Crippen molar-refractivity contribution in [3.8, 4) is 0 Å². The molecule has 1 aromatic rings. The van der Waals surface area contributed by atoms with E-state index >= 15 is 0 Å². The number of carbonyl (C=O) groups is 1. The number of carbonyl (C=O) groups excluding carboxylic acids is 1. The Morgan fingerprint density at radius 2 is 1.94 bits per heavy atom. The fourth-order valence-corrected chi connectivity index (χ4v) is 1.57. The molecule has 0 aromatic heterocycles. The topological polar surface area (TPSA) is 38.3 Å². The standard InChI is InChI=1S/C15H21NO2/c1-5-8-12-9-6-7-10-13(12)11-16-14(17)18-15(2,3)4/h5-7,9-10H,1,8,11H2,2-4H3,(H,16,17). The summed E-state index contributed by atoms with van der Waals surface area (Å²) in [4.78, 5) is 11.5. The molecule has 0 aliphatic heterocycles. The highest BCUT2D eigenvalue weighted by molar-refractivity contribution is 5.67. The van der Waals surface area contributed by atoms with E-state index in [2.05, 4.69) is 11.9 Å². The fourth-order valence-electron chi connectivity index (χ4n) is 1.57. The number of ether oxygens (including phenoxy) is 1. The van der Waals surface area contributed by atoms with Gasteiger partial charge in [-0.1, -0.05) is 30.3 Å². The van der Waals surface area contributed by atoms with Gasteiger partial charge >= 0.3 is 6.09 Å². The number of rotatable bonds is 4. The van der Waals surface area contributed by atoms with Crippen LogP contribution in [0.5, 0.6) is 0 Å². The second kappa shape index (κ2) is 6.24. The summed E-state index contributed by atoms with van der Waals surface area (Å²) < 4.78 is 5.19. The Hall–Kier alpha value is -1.77. The maximum absolute atomic E-state index is 11.5. The van der Waals surface area contributed by atoms with Gasteiger partial charge in [0.25, 0.3) is 0 Å². The SMILES string of the molecule is C=CCc1ccccc1CNC(=O)OC(C)(C)C. The van der Waals surface area contributed by atoms with E-state index in [1.54, 1.807) is 0 Å². The molecule has 1 N–H and O–H groups in total. The summed E-state index contributed by atoms with van der Waals surface area (Å²) in [5.74, 6) is 0. The summed E-state index contributed by atoms with van der Waals surface area (Å²) in [5.41, 5.74) is 1.79. The van der Waals surface area contributed by atoms with Gasteiger partial charge in [0.15, 0.2) is 0 Å². The predicted octanol–water partition coefficient (Wildman–Crippen LogP) is 3.44. The first-order valence-corrected chi connectivity index (χ1v) is 6.07. The number of allylic oxidation sites excluding steroid dienone is 1. The molecule has 1 amide bonds. The average Bonchev–Trinajstić information content (AvgIpc) is 2.26. The molecule has 0 saturated heterocycles. The molecule has 0 saturated carbocycles. The minimum absolute atomic E-state index is 0.393. The lowest BCUT2D eigenvalue weighted by Crippen LogP contribution is -2.32. The van der Waals surface area contributed by atoms with E-state index in [4.69, 9.17) is 4.74 Å². The molecular weight excluding hydrogens is 226 g/mol.